The monoisotopic (exact) mass is 279 g/mol. The molecule has 0 bridgehead atoms. The van der Waals surface area contributed by atoms with Crippen LogP contribution in [-0.4, -0.2) is 13.7 Å². The molecule has 0 atom stereocenters. The Morgan fingerprint density at radius 1 is 1.12 bits per heavy atom. The second-order valence-corrected chi connectivity index (χ2v) is 3.92. The Bertz CT molecular complexity index is 306. The van der Waals surface area contributed by atoms with Crippen molar-refractivity contribution in [2.24, 2.45) is 0 Å². The molecule has 1 aromatic carbocycles. The molecule has 1 N–H and O–H groups in total. The first kappa shape index (κ1) is 18.9. The Labute approximate surface area is 117 Å². The minimum Gasteiger partial charge on any atom is -0.497 e. The van der Waals surface area contributed by atoms with Gasteiger partial charge in [-0.1, -0.05) is 6.92 Å². The van der Waals surface area contributed by atoms with Gasteiger partial charge in [-0.05, 0) is 55.6 Å². The first-order valence-corrected chi connectivity index (χ1v) is 5.53. The van der Waals surface area contributed by atoms with Crippen LogP contribution in [0.3, 0.4) is 0 Å². The summed E-state index contributed by atoms with van der Waals surface area (Å²) in [6, 6.07) is 4.19. The Hall–Kier alpha value is -0.440. The van der Waals surface area contributed by atoms with E-state index in [0.717, 1.165) is 18.8 Å². The minimum atomic E-state index is 0. The maximum Gasteiger partial charge on any atom is 0.119 e. The van der Waals surface area contributed by atoms with Gasteiger partial charge in [0.1, 0.15) is 5.75 Å². The molecule has 100 valence electrons. The summed E-state index contributed by atoms with van der Waals surface area (Å²) >= 11 is 0. The van der Waals surface area contributed by atoms with E-state index in [4.69, 9.17) is 4.74 Å². The molecule has 0 saturated carbocycles. The number of hydrogen-bond donors (Lipinski definition) is 1. The van der Waals surface area contributed by atoms with Gasteiger partial charge in [0, 0.05) is 6.54 Å². The molecule has 0 amide bonds. The molecule has 0 radical (unpaired) electrons. The van der Waals surface area contributed by atoms with Crippen LogP contribution in [0, 0.1) is 13.8 Å². The lowest BCUT2D eigenvalue weighted by Crippen LogP contribution is -2.15. The van der Waals surface area contributed by atoms with Gasteiger partial charge in [0.25, 0.3) is 0 Å². The van der Waals surface area contributed by atoms with E-state index in [9.17, 15) is 0 Å². The molecule has 0 aliphatic rings. The second kappa shape index (κ2) is 9.58. The molecule has 0 unspecified atom stereocenters. The van der Waals surface area contributed by atoms with Gasteiger partial charge in [-0.25, -0.2) is 0 Å². The molecule has 0 spiro atoms. The highest BCUT2D eigenvalue weighted by atomic mass is 35.5. The van der Waals surface area contributed by atoms with Gasteiger partial charge in [-0.15, -0.1) is 24.8 Å². The molecule has 2 nitrogen and oxygen atoms in total. The Morgan fingerprint density at radius 3 is 2.06 bits per heavy atom. The number of halogens is 2. The van der Waals surface area contributed by atoms with E-state index in [1.807, 2.05) is 0 Å². The summed E-state index contributed by atoms with van der Waals surface area (Å²) in [6.45, 7) is 8.48. The van der Waals surface area contributed by atoms with Crippen molar-refractivity contribution in [1.29, 1.82) is 0 Å². The standard InChI is InChI=1S/C13H21NO.2ClH/c1-5-6-14-9-13-10(2)7-12(15-4)8-11(13)3;;/h7-8,14H,5-6,9H2,1-4H3;2*1H. The molecule has 4 heteroatoms. The highest BCUT2D eigenvalue weighted by molar-refractivity contribution is 5.85. The van der Waals surface area contributed by atoms with Crippen LogP contribution >= 0.6 is 24.8 Å². The lowest BCUT2D eigenvalue weighted by Gasteiger charge is -2.12. The first-order chi connectivity index (χ1) is 7.19. The molecular formula is C13H23Cl2NO. The Balaban J connectivity index is 0. The molecule has 1 rings (SSSR count). The number of benzene rings is 1. The Kier molecular flexibility index (Phi) is 10.7. The van der Waals surface area contributed by atoms with Gasteiger partial charge < -0.3 is 10.1 Å². The maximum atomic E-state index is 5.24. The third-order valence-electron chi connectivity index (χ3n) is 2.63. The van der Waals surface area contributed by atoms with Crippen molar-refractivity contribution in [2.75, 3.05) is 13.7 Å². The van der Waals surface area contributed by atoms with Crippen molar-refractivity contribution in [2.45, 2.75) is 33.7 Å². The van der Waals surface area contributed by atoms with Gasteiger partial charge in [-0.2, -0.15) is 0 Å². The van der Waals surface area contributed by atoms with E-state index >= 15 is 0 Å². The van der Waals surface area contributed by atoms with Crippen molar-refractivity contribution in [3.8, 4) is 5.75 Å². The van der Waals surface area contributed by atoms with Crippen LogP contribution in [0.25, 0.3) is 0 Å². The average molecular weight is 280 g/mol. The molecule has 0 heterocycles. The van der Waals surface area contributed by atoms with Crippen molar-refractivity contribution >= 4 is 24.8 Å². The van der Waals surface area contributed by atoms with Crippen LogP contribution in [0.2, 0.25) is 0 Å². The lowest BCUT2D eigenvalue weighted by atomic mass is 10.0. The van der Waals surface area contributed by atoms with Crippen LogP contribution in [0.1, 0.15) is 30.0 Å². The van der Waals surface area contributed by atoms with E-state index in [0.29, 0.717) is 0 Å². The van der Waals surface area contributed by atoms with Crippen LogP contribution < -0.4 is 10.1 Å². The number of nitrogens with one attached hydrogen (secondary N) is 1. The SMILES string of the molecule is CCCNCc1c(C)cc(OC)cc1C.Cl.Cl. The highest BCUT2D eigenvalue weighted by Gasteiger charge is 2.04. The van der Waals surface area contributed by atoms with Crippen LogP contribution in [0.15, 0.2) is 12.1 Å². The van der Waals surface area contributed by atoms with Crippen LogP contribution in [-0.2, 0) is 6.54 Å². The van der Waals surface area contributed by atoms with Gasteiger partial charge in [0.05, 0.1) is 7.11 Å². The van der Waals surface area contributed by atoms with E-state index in [1.165, 1.54) is 23.1 Å². The fourth-order valence-electron chi connectivity index (χ4n) is 1.74. The zero-order valence-corrected chi connectivity index (χ0v) is 12.6. The van der Waals surface area contributed by atoms with E-state index in [1.54, 1.807) is 7.11 Å². The van der Waals surface area contributed by atoms with Crippen molar-refractivity contribution in [3.63, 3.8) is 0 Å². The number of hydrogen-bond acceptors (Lipinski definition) is 2. The summed E-state index contributed by atoms with van der Waals surface area (Å²) in [5.74, 6) is 0.948. The van der Waals surface area contributed by atoms with Gasteiger partial charge in [-0.3, -0.25) is 0 Å². The van der Waals surface area contributed by atoms with Gasteiger partial charge in [0.2, 0.25) is 0 Å². The van der Waals surface area contributed by atoms with Crippen molar-refractivity contribution in [3.05, 3.63) is 28.8 Å². The summed E-state index contributed by atoms with van der Waals surface area (Å²) in [5.41, 5.74) is 4.00. The van der Waals surface area contributed by atoms with E-state index in [2.05, 4.69) is 38.2 Å². The summed E-state index contributed by atoms with van der Waals surface area (Å²) in [5, 5.41) is 3.43. The molecule has 0 saturated heterocycles. The smallest absolute Gasteiger partial charge is 0.119 e. The maximum absolute atomic E-state index is 5.24. The van der Waals surface area contributed by atoms with E-state index in [-0.39, 0.29) is 24.8 Å². The minimum absolute atomic E-state index is 0. The van der Waals surface area contributed by atoms with Crippen molar-refractivity contribution < 1.29 is 4.74 Å². The molecule has 0 aliphatic carbocycles. The average Bonchev–Trinajstić information content (AvgIpc) is 2.22. The molecular weight excluding hydrogens is 257 g/mol. The number of rotatable bonds is 5. The van der Waals surface area contributed by atoms with Crippen LogP contribution in [0.4, 0.5) is 0 Å². The molecule has 0 aromatic heterocycles. The number of ether oxygens (including phenoxy) is 1. The van der Waals surface area contributed by atoms with Gasteiger partial charge >= 0.3 is 0 Å². The predicted octanol–water partition coefficient (Wildman–Crippen LogP) is 3.66. The molecule has 0 aliphatic heterocycles. The second-order valence-electron chi connectivity index (χ2n) is 3.92. The summed E-state index contributed by atoms with van der Waals surface area (Å²) < 4.78 is 5.24. The fourth-order valence-corrected chi connectivity index (χ4v) is 1.74. The lowest BCUT2D eigenvalue weighted by molar-refractivity contribution is 0.414. The highest BCUT2D eigenvalue weighted by Crippen LogP contribution is 2.21. The third kappa shape index (κ3) is 5.62. The zero-order chi connectivity index (χ0) is 11.3. The summed E-state index contributed by atoms with van der Waals surface area (Å²) in [4.78, 5) is 0. The number of methoxy groups -OCH3 is 1. The summed E-state index contributed by atoms with van der Waals surface area (Å²) in [7, 11) is 1.71. The van der Waals surface area contributed by atoms with Crippen molar-refractivity contribution in [1.82, 2.24) is 5.32 Å². The summed E-state index contributed by atoms with van der Waals surface area (Å²) in [6.07, 6.45) is 1.17. The predicted molar refractivity (Wildman–Crippen MR) is 79.0 cm³/mol. The normalized spacial score (nSPS) is 9.18. The Morgan fingerprint density at radius 2 is 1.65 bits per heavy atom. The molecule has 17 heavy (non-hydrogen) atoms. The van der Waals surface area contributed by atoms with Crippen LogP contribution in [0.5, 0.6) is 5.75 Å². The third-order valence-corrected chi connectivity index (χ3v) is 2.63. The largest absolute Gasteiger partial charge is 0.497 e. The quantitative estimate of drug-likeness (QED) is 0.831. The van der Waals surface area contributed by atoms with Gasteiger partial charge in [0.15, 0.2) is 0 Å². The topological polar surface area (TPSA) is 21.3 Å². The molecule has 0 fully saturated rings. The first-order valence-electron chi connectivity index (χ1n) is 5.53. The molecule has 1 aromatic rings. The fraction of sp³-hybridized carbons (Fsp3) is 0.538. The van der Waals surface area contributed by atoms with E-state index < -0.39 is 0 Å². The zero-order valence-electron chi connectivity index (χ0n) is 11.0. The number of aryl methyl sites for hydroxylation is 2.